The topological polar surface area (TPSA) is 129 Å². The first-order valence-electron chi connectivity index (χ1n) is 8.27. The number of benzene rings is 1. The summed E-state index contributed by atoms with van der Waals surface area (Å²) in [5.41, 5.74) is 1.72. The number of carbonyl (C=O) groups excluding carboxylic acids is 3. The maximum atomic E-state index is 12.1. The zero-order valence-electron chi connectivity index (χ0n) is 16.0. The van der Waals surface area contributed by atoms with Crippen LogP contribution in [0.3, 0.4) is 0 Å². The summed E-state index contributed by atoms with van der Waals surface area (Å²) in [6.45, 7) is 3.22. The van der Waals surface area contributed by atoms with Gasteiger partial charge < -0.3 is 24.1 Å². The van der Waals surface area contributed by atoms with Gasteiger partial charge >= 0.3 is 12.0 Å². The normalized spacial score (nSPS) is 10.1. The molecule has 0 saturated heterocycles. The Morgan fingerprint density at radius 3 is 2.54 bits per heavy atom. The van der Waals surface area contributed by atoms with Crippen LogP contribution in [0.1, 0.15) is 27.4 Å². The lowest BCUT2D eigenvalue weighted by atomic mass is 10.2. The highest BCUT2D eigenvalue weighted by atomic mass is 16.5. The van der Waals surface area contributed by atoms with Crippen molar-refractivity contribution in [2.75, 3.05) is 20.8 Å². The number of imide groups is 1. The third kappa shape index (κ3) is 5.22. The smallest absolute Gasteiger partial charge is 0.338 e. The molecule has 150 valence electrons. The second kappa shape index (κ2) is 9.40. The second-order valence-electron chi connectivity index (χ2n) is 5.66. The van der Waals surface area contributed by atoms with Gasteiger partial charge in [0.05, 0.1) is 23.9 Å². The van der Waals surface area contributed by atoms with Crippen LogP contribution in [0, 0.1) is 13.8 Å². The van der Waals surface area contributed by atoms with Gasteiger partial charge in [-0.15, -0.1) is 0 Å². The number of aromatic nitrogens is 1. The SMILES string of the molecule is CNC(=O)NC(=O)COC(=O)c1ccc(OCc2c(C)noc2C)c(OC)c1. The first-order chi connectivity index (χ1) is 13.3. The summed E-state index contributed by atoms with van der Waals surface area (Å²) in [5, 5.41) is 8.06. The Morgan fingerprint density at radius 1 is 1.18 bits per heavy atom. The third-order valence-electron chi connectivity index (χ3n) is 3.77. The number of nitrogens with zero attached hydrogens (tertiary/aromatic N) is 1. The molecule has 0 aliphatic carbocycles. The van der Waals surface area contributed by atoms with Gasteiger partial charge in [-0.1, -0.05) is 5.16 Å². The highest BCUT2D eigenvalue weighted by molar-refractivity contribution is 5.97. The predicted molar refractivity (Wildman–Crippen MR) is 96.2 cm³/mol. The zero-order chi connectivity index (χ0) is 20.7. The molecule has 0 saturated carbocycles. The van der Waals surface area contributed by atoms with E-state index in [0.717, 1.165) is 11.3 Å². The van der Waals surface area contributed by atoms with Crippen LogP contribution in [-0.2, 0) is 16.1 Å². The number of nitrogens with one attached hydrogen (secondary N) is 2. The van der Waals surface area contributed by atoms with Crippen LogP contribution in [0.4, 0.5) is 4.79 Å². The number of urea groups is 1. The summed E-state index contributed by atoms with van der Waals surface area (Å²) in [6, 6.07) is 3.77. The van der Waals surface area contributed by atoms with E-state index in [4.69, 9.17) is 18.7 Å². The van der Waals surface area contributed by atoms with E-state index in [2.05, 4.69) is 10.5 Å². The van der Waals surface area contributed by atoms with Gasteiger partial charge in [-0.2, -0.15) is 0 Å². The number of hydrogen-bond donors (Lipinski definition) is 2. The van der Waals surface area contributed by atoms with Crippen molar-refractivity contribution in [3.63, 3.8) is 0 Å². The highest BCUT2D eigenvalue weighted by Crippen LogP contribution is 2.29. The largest absolute Gasteiger partial charge is 0.493 e. The van der Waals surface area contributed by atoms with Crippen molar-refractivity contribution in [2.24, 2.45) is 0 Å². The van der Waals surface area contributed by atoms with Gasteiger partial charge in [0.1, 0.15) is 12.4 Å². The van der Waals surface area contributed by atoms with Crippen LogP contribution in [0.5, 0.6) is 11.5 Å². The predicted octanol–water partition coefficient (Wildman–Crippen LogP) is 1.49. The molecule has 1 aromatic heterocycles. The molecule has 0 atom stereocenters. The summed E-state index contributed by atoms with van der Waals surface area (Å²) < 4.78 is 21.0. The van der Waals surface area contributed by atoms with Crippen LogP contribution in [0.25, 0.3) is 0 Å². The van der Waals surface area contributed by atoms with Crippen molar-refractivity contribution >= 4 is 17.9 Å². The van der Waals surface area contributed by atoms with Gasteiger partial charge in [0, 0.05) is 7.05 Å². The van der Waals surface area contributed by atoms with E-state index in [1.165, 1.54) is 26.3 Å². The fourth-order valence-electron chi connectivity index (χ4n) is 2.21. The number of esters is 1. The number of hydrogen-bond acceptors (Lipinski definition) is 8. The third-order valence-corrected chi connectivity index (χ3v) is 3.77. The quantitative estimate of drug-likeness (QED) is 0.679. The minimum atomic E-state index is -0.751. The van der Waals surface area contributed by atoms with E-state index in [0.29, 0.717) is 17.3 Å². The molecule has 0 bridgehead atoms. The number of ether oxygens (including phenoxy) is 3. The Labute approximate surface area is 161 Å². The number of rotatable bonds is 7. The molecule has 1 aromatic carbocycles. The van der Waals surface area contributed by atoms with Crippen LogP contribution < -0.4 is 20.1 Å². The number of carbonyl (C=O) groups is 3. The highest BCUT2D eigenvalue weighted by Gasteiger charge is 2.16. The lowest BCUT2D eigenvalue weighted by Crippen LogP contribution is -2.39. The fraction of sp³-hybridized carbons (Fsp3) is 0.333. The summed E-state index contributed by atoms with van der Waals surface area (Å²) in [5.74, 6) is -0.110. The van der Waals surface area contributed by atoms with E-state index in [-0.39, 0.29) is 12.2 Å². The minimum absolute atomic E-state index is 0.161. The van der Waals surface area contributed by atoms with Crippen molar-refractivity contribution in [1.29, 1.82) is 0 Å². The van der Waals surface area contributed by atoms with Crippen molar-refractivity contribution in [2.45, 2.75) is 20.5 Å². The molecule has 2 N–H and O–H groups in total. The molecule has 0 unspecified atom stereocenters. The molecule has 10 nitrogen and oxygen atoms in total. The van der Waals surface area contributed by atoms with Crippen LogP contribution in [0.15, 0.2) is 22.7 Å². The van der Waals surface area contributed by atoms with Gasteiger partial charge in [-0.25, -0.2) is 9.59 Å². The molecular formula is C18H21N3O7. The molecule has 2 aromatic rings. The van der Waals surface area contributed by atoms with E-state index in [9.17, 15) is 14.4 Å². The molecule has 3 amide bonds. The Morgan fingerprint density at radius 2 is 1.93 bits per heavy atom. The Hall–Kier alpha value is -3.56. The lowest BCUT2D eigenvalue weighted by Gasteiger charge is -2.12. The number of methoxy groups -OCH3 is 1. The molecule has 0 fully saturated rings. The Bertz CT molecular complexity index is 857. The van der Waals surface area contributed by atoms with Crippen LogP contribution in [-0.4, -0.2) is 43.8 Å². The standard InChI is InChI=1S/C18H21N3O7/c1-10-13(11(2)28-21-10)8-26-14-6-5-12(7-15(14)25-4)17(23)27-9-16(22)20-18(24)19-3/h5-7H,8-9H2,1-4H3,(H2,19,20,22,24). The maximum absolute atomic E-state index is 12.1. The van der Waals surface area contributed by atoms with Crippen molar-refractivity contribution in [3.05, 3.63) is 40.8 Å². The monoisotopic (exact) mass is 391 g/mol. The molecule has 2 rings (SSSR count). The molecule has 28 heavy (non-hydrogen) atoms. The average Bonchev–Trinajstić information content (AvgIpc) is 3.01. The van der Waals surface area contributed by atoms with E-state index in [1.54, 1.807) is 13.0 Å². The second-order valence-corrected chi connectivity index (χ2v) is 5.66. The average molecular weight is 391 g/mol. The molecule has 0 aliphatic rings. The number of aryl methyl sites for hydroxylation is 2. The molecule has 0 spiro atoms. The minimum Gasteiger partial charge on any atom is -0.493 e. The van der Waals surface area contributed by atoms with Gasteiger partial charge in [0.2, 0.25) is 0 Å². The van der Waals surface area contributed by atoms with Crippen LogP contribution >= 0.6 is 0 Å². The zero-order valence-corrected chi connectivity index (χ0v) is 16.0. The molecule has 0 aliphatic heterocycles. The lowest BCUT2D eigenvalue weighted by molar-refractivity contribution is -0.123. The fourth-order valence-corrected chi connectivity index (χ4v) is 2.21. The Kier molecular flexibility index (Phi) is 6.96. The van der Waals surface area contributed by atoms with Gasteiger partial charge in [0.15, 0.2) is 18.1 Å². The van der Waals surface area contributed by atoms with E-state index < -0.39 is 24.5 Å². The van der Waals surface area contributed by atoms with E-state index >= 15 is 0 Å². The van der Waals surface area contributed by atoms with Gasteiger partial charge in [0.25, 0.3) is 5.91 Å². The van der Waals surface area contributed by atoms with Crippen molar-refractivity contribution < 1.29 is 33.1 Å². The van der Waals surface area contributed by atoms with E-state index in [1.807, 2.05) is 12.2 Å². The molecule has 1 heterocycles. The molecule has 10 heteroatoms. The van der Waals surface area contributed by atoms with Crippen molar-refractivity contribution in [3.8, 4) is 11.5 Å². The summed E-state index contributed by atoms with van der Waals surface area (Å²) >= 11 is 0. The Balaban J connectivity index is 2.00. The maximum Gasteiger partial charge on any atom is 0.338 e. The van der Waals surface area contributed by atoms with Gasteiger partial charge in [-0.3, -0.25) is 10.1 Å². The van der Waals surface area contributed by atoms with Crippen LogP contribution in [0.2, 0.25) is 0 Å². The van der Waals surface area contributed by atoms with Crippen molar-refractivity contribution in [1.82, 2.24) is 15.8 Å². The first-order valence-corrected chi connectivity index (χ1v) is 8.27. The molecule has 0 radical (unpaired) electrons. The summed E-state index contributed by atoms with van der Waals surface area (Å²) in [7, 11) is 2.79. The summed E-state index contributed by atoms with van der Waals surface area (Å²) in [6.07, 6.45) is 0. The van der Waals surface area contributed by atoms with Gasteiger partial charge in [-0.05, 0) is 32.0 Å². The summed E-state index contributed by atoms with van der Waals surface area (Å²) in [4.78, 5) is 34.6. The molecular weight excluding hydrogens is 370 g/mol. The number of amides is 3. The first kappa shape index (κ1) is 20.7.